The van der Waals surface area contributed by atoms with Gasteiger partial charge in [0.2, 0.25) is 5.41 Å². The van der Waals surface area contributed by atoms with E-state index in [4.69, 9.17) is 18.9 Å². The molecule has 0 radical (unpaired) electrons. The van der Waals surface area contributed by atoms with Crippen molar-refractivity contribution >= 4 is 11.8 Å². The molecule has 2 aliphatic rings. The molecule has 3 rings (SSSR count). The fourth-order valence-electron chi connectivity index (χ4n) is 4.46. The van der Waals surface area contributed by atoms with Gasteiger partial charge in [0, 0.05) is 32.1 Å². The molecule has 0 bridgehead atoms. The third-order valence-corrected chi connectivity index (χ3v) is 5.69. The molecule has 0 amide bonds. The molecule has 0 aromatic heterocycles. The maximum Gasteiger partial charge on any atom is 0.330 e. The molecule has 0 aliphatic carbocycles. The standard InChI is InChI=1S/C23H32FNO6/c1-6-28-20(29-7-2)23(19(27)31-21(3,4)5)18(26)16-9-8-15(24)14-17(16)30-22(23)10-12-25-13-11-22/h8-9,14,20,25H,6-7,10-13H2,1-5H3. The lowest BCUT2D eigenvalue weighted by Gasteiger charge is -2.54. The molecule has 1 spiro atoms. The number of esters is 1. The minimum atomic E-state index is -1.90. The minimum absolute atomic E-state index is 0.112. The van der Waals surface area contributed by atoms with Gasteiger partial charge in [0.15, 0.2) is 12.1 Å². The summed E-state index contributed by atoms with van der Waals surface area (Å²) in [4.78, 5) is 28.1. The predicted molar refractivity (Wildman–Crippen MR) is 112 cm³/mol. The summed E-state index contributed by atoms with van der Waals surface area (Å²) in [6.07, 6.45) is -0.573. The van der Waals surface area contributed by atoms with Crippen LogP contribution in [0.4, 0.5) is 4.39 Å². The second kappa shape index (κ2) is 8.84. The van der Waals surface area contributed by atoms with Crippen LogP contribution in [-0.2, 0) is 19.0 Å². The molecule has 1 saturated heterocycles. The molecule has 31 heavy (non-hydrogen) atoms. The number of carbonyl (C=O) groups is 2. The van der Waals surface area contributed by atoms with Crippen molar-refractivity contribution in [2.24, 2.45) is 5.41 Å². The molecule has 1 N–H and O–H groups in total. The van der Waals surface area contributed by atoms with Crippen molar-refractivity contribution in [1.82, 2.24) is 5.32 Å². The van der Waals surface area contributed by atoms with Gasteiger partial charge in [-0.1, -0.05) is 0 Å². The summed E-state index contributed by atoms with van der Waals surface area (Å²) < 4.78 is 37.9. The molecular weight excluding hydrogens is 405 g/mol. The van der Waals surface area contributed by atoms with Crippen LogP contribution in [0.15, 0.2) is 18.2 Å². The first-order valence-corrected chi connectivity index (χ1v) is 10.8. The number of Topliss-reactive ketones (excluding diaryl/α,β-unsaturated/α-hetero) is 1. The van der Waals surface area contributed by atoms with Crippen LogP contribution in [0, 0.1) is 11.2 Å². The van der Waals surface area contributed by atoms with Crippen LogP contribution in [0.1, 0.15) is 57.8 Å². The van der Waals surface area contributed by atoms with E-state index in [9.17, 15) is 14.0 Å². The lowest BCUT2D eigenvalue weighted by atomic mass is 9.61. The average Bonchev–Trinajstić information content (AvgIpc) is 2.67. The van der Waals surface area contributed by atoms with Crippen molar-refractivity contribution in [3.63, 3.8) is 0 Å². The van der Waals surface area contributed by atoms with E-state index in [0.29, 0.717) is 25.9 Å². The SMILES string of the molecule is CCOC(OCC)C1(C(=O)OC(C)(C)C)C(=O)c2ccc(F)cc2OC12CCNCC2. The van der Waals surface area contributed by atoms with E-state index in [1.165, 1.54) is 18.2 Å². The van der Waals surface area contributed by atoms with Crippen molar-refractivity contribution in [3.8, 4) is 5.75 Å². The lowest BCUT2D eigenvalue weighted by molar-refractivity contribution is -0.249. The van der Waals surface area contributed by atoms with Gasteiger partial charge in [0.05, 0.1) is 5.56 Å². The van der Waals surface area contributed by atoms with Gasteiger partial charge in [-0.25, -0.2) is 4.39 Å². The Balaban J connectivity index is 2.30. The highest BCUT2D eigenvalue weighted by molar-refractivity contribution is 6.16. The van der Waals surface area contributed by atoms with Crippen LogP contribution in [-0.4, -0.2) is 55.5 Å². The van der Waals surface area contributed by atoms with E-state index < -0.39 is 40.5 Å². The third-order valence-electron chi connectivity index (χ3n) is 5.69. The fraction of sp³-hybridized carbons (Fsp3) is 0.652. The van der Waals surface area contributed by atoms with Gasteiger partial charge in [-0.2, -0.15) is 0 Å². The molecule has 8 heteroatoms. The number of halogens is 1. The number of ether oxygens (including phenoxy) is 4. The highest BCUT2D eigenvalue weighted by Crippen LogP contribution is 2.53. The number of hydrogen-bond donors (Lipinski definition) is 1. The van der Waals surface area contributed by atoms with Crippen molar-refractivity contribution in [1.29, 1.82) is 0 Å². The number of benzene rings is 1. The summed E-state index contributed by atoms with van der Waals surface area (Å²) >= 11 is 0. The Morgan fingerprint density at radius 1 is 1.19 bits per heavy atom. The van der Waals surface area contributed by atoms with Gasteiger partial charge >= 0.3 is 5.97 Å². The highest BCUT2D eigenvalue weighted by Gasteiger charge is 2.72. The monoisotopic (exact) mass is 437 g/mol. The zero-order chi connectivity index (χ0) is 22.9. The second-order valence-corrected chi connectivity index (χ2v) is 8.87. The summed E-state index contributed by atoms with van der Waals surface area (Å²) in [7, 11) is 0. The summed E-state index contributed by atoms with van der Waals surface area (Å²) in [6, 6.07) is 3.71. The average molecular weight is 438 g/mol. The van der Waals surface area contributed by atoms with Gasteiger partial charge in [-0.05, 0) is 59.8 Å². The molecule has 172 valence electrons. The lowest BCUT2D eigenvalue weighted by Crippen LogP contribution is -2.72. The van der Waals surface area contributed by atoms with Gasteiger partial charge in [0.1, 0.15) is 22.8 Å². The quantitative estimate of drug-likeness (QED) is 0.416. The number of rotatable bonds is 6. The molecule has 1 aromatic carbocycles. The molecule has 2 heterocycles. The fourth-order valence-corrected chi connectivity index (χ4v) is 4.46. The molecule has 1 unspecified atom stereocenters. The topological polar surface area (TPSA) is 83.1 Å². The van der Waals surface area contributed by atoms with Crippen LogP contribution < -0.4 is 10.1 Å². The predicted octanol–water partition coefficient (Wildman–Crippen LogP) is 3.25. The van der Waals surface area contributed by atoms with E-state index in [0.717, 1.165) is 0 Å². The maximum atomic E-state index is 14.2. The normalized spacial score (nSPS) is 22.9. The Labute approximate surface area is 182 Å². The summed E-state index contributed by atoms with van der Waals surface area (Å²) in [5.41, 5.74) is -3.96. The number of fused-ring (bicyclic) bond motifs is 1. The molecule has 1 fully saturated rings. The molecular formula is C23H32FNO6. The number of carbonyl (C=O) groups excluding carboxylic acids is 2. The van der Waals surface area contributed by atoms with Crippen LogP contribution in [0.2, 0.25) is 0 Å². The van der Waals surface area contributed by atoms with Crippen LogP contribution in [0.5, 0.6) is 5.75 Å². The summed E-state index contributed by atoms with van der Waals surface area (Å²) in [5.74, 6) is -1.69. The molecule has 1 aromatic rings. The number of hydrogen-bond acceptors (Lipinski definition) is 7. The number of piperidine rings is 1. The number of ketones is 1. The van der Waals surface area contributed by atoms with Crippen LogP contribution in [0.25, 0.3) is 0 Å². The number of nitrogens with one attached hydrogen (secondary N) is 1. The molecule has 0 saturated carbocycles. The maximum absolute atomic E-state index is 14.2. The Morgan fingerprint density at radius 2 is 1.81 bits per heavy atom. The van der Waals surface area contributed by atoms with Crippen molar-refractivity contribution in [3.05, 3.63) is 29.6 Å². The zero-order valence-corrected chi connectivity index (χ0v) is 18.9. The van der Waals surface area contributed by atoms with Crippen molar-refractivity contribution in [2.45, 2.75) is 65.0 Å². The first kappa shape index (κ1) is 23.6. The molecule has 1 atom stereocenters. The minimum Gasteiger partial charge on any atom is -0.484 e. The van der Waals surface area contributed by atoms with Crippen LogP contribution in [0.3, 0.4) is 0 Å². The Hall–Kier alpha value is -2.03. The first-order valence-electron chi connectivity index (χ1n) is 10.8. The van der Waals surface area contributed by atoms with Gasteiger partial charge in [0.25, 0.3) is 0 Å². The van der Waals surface area contributed by atoms with Crippen LogP contribution >= 0.6 is 0 Å². The Kier molecular flexibility index (Phi) is 6.74. The van der Waals surface area contributed by atoms with Crippen molar-refractivity contribution < 1.29 is 32.9 Å². The third kappa shape index (κ3) is 4.08. The summed E-state index contributed by atoms with van der Waals surface area (Å²) in [6.45, 7) is 10.2. The van der Waals surface area contributed by atoms with Gasteiger partial charge < -0.3 is 24.3 Å². The highest BCUT2D eigenvalue weighted by atomic mass is 19.1. The van der Waals surface area contributed by atoms with Gasteiger partial charge in [-0.3, -0.25) is 9.59 Å². The Bertz CT molecular complexity index is 824. The van der Waals surface area contributed by atoms with E-state index >= 15 is 0 Å². The van der Waals surface area contributed by atoms with Crippen molar-refractivity contribution in [2.75, 3.05) is 26.3 Å². The summed E-state index contributed by atoms with van der Waals surface area (Å²) in [5, 5.41) is 3.24. The second-order valence-electron chi connectivity index (χ2n) is 8.87. The van der Waals surface area contributed by atoms with E-state index in [1.807, 2.05) is 0 Å². The molecule has 2 aliphatic heterocycles. The smallest absolute Gasteiger partial charge is 0.330 e. The first-order chi connectivity index (χ1) is 14.6. The molecule has 7 nitrogen and oxygen atoms in total. The van der Waals surface area contributed by atoms with E-state index in [2.05, 4.69) is 5.32 Å². The Morgan fingerprint density at radius 3 is 2.35 bits per heavy atom. The van der Waals surface area contributed by atoms with E-state index in [1.54, 1.807) is 34.6 Å². The van der Waals surface area contributed by atoms with Gasteiger partial charge in [-0.15, -0.1) is 0 Å². The van der Waals surface area contributed by atoms with E-state index in [-0.39, 0.29) is 24.5 Å². The largest absolute Gasteiger partial charge is 0.484 e. The zero-order valence-electron chi connectivity index (χ0n) is 18.9.